The first-order chi connectivity index (χ1) is 15.4. The summed E-state index contributed by atoms with van der Waals surface area (Å²) in [6.07, 6.45) is -0.580. The third-order valence-corrected chi connectivity index (χ3v) is 6.21. The highest BCUT2D eigenvalue weighted by molar-refractivity contribution is 5.86. The number of ether oxygens (including phenoxy) is 2. The van der Waals surface area contributed by atoms with E-state index in [1.54, 1.807) is 11.8 Å². The molecule has 172 valence electrons. The van der Waals surface area contributed by atoms with Crippen LogP contribution in [0.5, 0.6) is 0 Å². The normalized spacial score (nSPS) is 18.5. The number of nitrogens with one attached hydrogen (secondary N) is 1. The molecule has 32 heavy (non-hydrogen) atoms. The van der Waals surface area contributed by atoms with E-state index >= 15 is 0 Å². The fraction of sp³-hybridized carbons (Fsp3) is 0.500. The molecule has 2 aromatic rings. The minimum atomic E-state index is -2.90. The molecule has 4 rings (SSSR count). The molecule has 7 nitrogen and oxygen atoms in total. The van der Waals surface area contributed by atoms with Crippen molar-refractivity contribution in [2.45, 2.75) is 50.9 Å². The zero-order valence-corrected chi connectivity index (χ0v) is 17.9. The van der Waals surface area contributed by atoms with Crippen molar-refractivity contribution in [3.05, 3.63) is 52.7 Å². The number of carbonyl (C=O) groups is 1. The number of alkyl halides is 2. The van der Waals surface area contributed by atoms with Gasteiger partial charge in [-0.05, 0) is 6.92 Å². The second-order valence-corrected chi connectivity index (χ2v) is 8.04. The Bertz CT molecular complexity index is 998. The molecule has 2 aliphatic rings. The molecule has 1 saturated heterocycles. The van der Waals surface area contributed by atoms with Gasteiger partial charge in [-0.15, -0.1) is 0 Å². The van der Waals surface area contributed by atoms with Crippen molar-refractivity contribution >= 4 is 11.7 Å². The van der Waals surface area contributed by atoms with Gasteiger partial charge in [-0.1, -0.05) is 18.2 Å². The minimum Gasteiger partial charge on any atom is -0.381 e. The third kappa shape index (κ3) is 4.04. The first-order valence-electron chi connectivity index (χ1n) is 10.4. The zero-order valence-electron chi connectivity index (χ0n) is 17.9. The van der Waals surface area contributed by atoms with Gasteiger partial charge in [0.05, 0.1) is 30.4 Å². The van der Waals surface area contributed by atoms with Crippen LogP contribution in [0.25, 0.3) is 0 Å². The van der Waals surface area contributed by atoms with E-state index in [0.29, 0.717) is 44.1 Å². The number of anilines is 1. The number of hydrogen-bond donors (Lipinski definition) is 1. The Morgan fingerprint density at radius 1 is 1.22 bits per heavy atom. The van der Waals surface area contributed by atoms with Gasteiger partial charge in [-0.25, -0.2) is 23.1 Å². The average molecular weight is 450 g/mol. The van der Waals surface area contributed by atoms with Crippen molar-refractivity contribution < 1.29 is 27.4 Å². The molecule has 1 amide bonds. The highest BCUT2D eigenvalue weighted by atomic mass is 19.3. The smallest absolute Gasteiger partial charge is 0.266 e. The summed E-state index contributed by atoms with van der Waals surface area (Å²) < 4.78 is 51.7. The lowest BCUT2D eigenvalue weighted by Gasteiger charge is -2.37. The van der Waals surface area contributed by atoms with Crippen LogP contribution in [0.15, 0.2) is 24.5 Å². The van der Waals surface area contributed by atoms with Crippen LogP contribution in [0.2, 0.25) is 0 Å². The van der Waals surface area contributed by atoms with Crippen molar-refractivity contribution in [1.29, 1.82) is 0 Å². The predicted octanol–water partition coefficient (Wildman–Crippen LogP) is 3.76. The molecule has 1 fully saturated rings. The Hall–Kier alpha value is -2.72. The third-order valence-electron chi connectivity index (χ3n) is 6.21. The maximum atomic E-state index is 14.6. The lowest BCUT2D eigenvalue weighted by Crippen LogP contribution is -2.51. The van der Waals surface area contributed by atoms with E-state index in [1.807, 2.05) is 0 Å². The molecule has 3 heterocycles. The lowest BCUT2D eigenvalue weighted by molar-refractivity contribution is -0.167. The van der Waals surface area contributed by atoms with Crippen LogP contribution in [0.4, 0.5) is 19.0 Å². The molecule has 1 atom stereocenters. The molecule has 0 saturated carbocycles. The molecule has 0 bridgehead atoms. The van der Waals surface area contributed by atoms with Crippen molar-refractivity contribution in [2.24, 2.45) is 0 Å². The van der Waals surface area contributed by atoms with Crippen LogP contribution in [0, 0.1) is 5.82 Å². The van der Waals surface area contributed by atoms with Crippen molar-refractivity contribution in [3.63, 3.8) is 0 Å². The van der Waals surface area contributed by atoms with Crippen LogP contribution in [-0.2, 0) is 27.4 Å². The minimum absolute atomic E-state index is 0.113. The van der Waals surface area contributed by atoms with E-state index in [0.717, 1.165) is 11.6 Å². The van der Waals surface area contributed by atoms with Gasteiger partial charge in [0.1, 0.15) is 18.0 Å². The maximum absolute atomic E-state index is 14.6. The summed E-state index contributed by atoms with van der Waals surface area (Å²) in [5, 5.41) is 3.10. The first kappa shape index (κ1) is 22.5. The summed E-state index contributed by atoms with van der Waals surface area (Å²) in [5.41, 5.74) is -0.0450. The van der Waals surface area contributed by atoms with E-state index in [4.69, 9.17) is 9.47 Å². The molecule has 10 heteroatoms. The van der Waals surface area contributed by atoms with E-state index in [1.165, 1.54) is 25.6 Å². The van der Waals surface area contributed by atoms with Crippen LogP contribution < -0.4 is 5.32 Å². The monoisotopic (exact) mass is 450 g/mol. The number of rotatable bonds is 6. The second-order valence-electron chi connectivity index (χ2n) is 8.04. The number of fused-ring (bicyclic) bond motifs is 1. The highest BCUT2D eigenvalue weighted by Crippen LogP contribution is 2.34. The Balaban J connectivity index is 1.54. The van der Waals surface area contributed by atoms with Crippen molar-refractivity contribution in [2.75, 3.05) is 25.6 Å². The van der Waals surface area contributed by atoms with Crippen molar-refractivity contribution in [3.8, 4) is 0 Å². The molecule has 0 aliphatic carbocycles. The average Bonchev–Trinajstić information content (AvgIpc) is 3.24. The molecule has 1 N–H and O–H groups in total. The molecule has 2 aliphatic heterocycles. The van der Waals surface area contributed by atoms with E-state index in [2.05, 4.69) is 15.3 Å². The molecule has 0 spiro atoms. The first-order valence-corrected chi connectivity index (χ1v) is 10.4. The fourth-order valence-corrected chi connectivity index (χ4v) is 4.30. The van der Waals surface area contributed by atoms with Gasteiger partial charge >= 0.3 is 0 Å². The molecule has 1 unspecified atom stereocenters. The van der Waals surface area contributed by atoms with Gasteiger partial charge in [-0.2, -0.15) is 0 Å². The van der Waals surface area contributed by atoms with Crippen LogP contribution in [0.1, 0.15) is 54.6 Å². The van der Waals surface area contributed by atoms with Crippen LogP contribution in [-0.4, -0.2) is 46.7 Å². The molecule has 1 aromatic heterocycles. The number of amides is 1. The lowest BCUT2D eigenvalue weighted by atomic mass is 9.92. The fourth-order valence-electron chi connectivity index (χ4n) is 4.30. The van der Waals surface area contributed by atoms with Gasteiger partial charge in [-0.3, -0.25) is 4.79 Å². The number of halogens is 3. The van der Waals surface area contributed by atoms with Gasteiger partial charge in [0, 0.05) is 44.3 Å². The molecule has 1 aromatic carbocycles. The topological polar surface area (TPSA) is 76.6 Å². The number of aromatic nitrogens is 2. The van der Waals surface area contributed by atoms with Gasteiger partial charge in [0.15, 0.2) is 5.60 Å². The number of nitrogens with zero attached hydrogens (tertiary/aromatic N) is 3. The maximum Gasteiger partial charge on any atom is 0.266 e. The Morgan fingerprint density at radius 2 is 1.94 bits per heavy atom. The van der Waals surface area contributed by atoms with Gasteiger partial charge < -0.3 is 19.7 Å². The number of carbonyl (C=O) groups excluding carboxylic acids is 1. The Kier molecular flexibility index (Phi) is 6.34. The number of hydrogen-bond acceptors (Lipinski definition) is 6. The Labute approximate surface area is 183 Å². The molecule has 0 radical (unpaired) electrons. The van der Waals surface area contributed by atoms with Gasteiger partial charge in [0.25, 0.3) is 12.3 Å². The highest BCUT2D eigenvalue weighted by Gasteiger charge is 2.44. The molecular formula is C22H25F3N4O3. The quantitative estimate of drug-likeness (QED) is 0.722. The predicted molar refractivity (Wildman–Crippen MR) is 109 cm³/mol. The summed E-state index contributed by atoms with van der Waals surface area (Å²) in [7, 11) is 1.53. The van der Waals surface area contributed by atoms with Crippen LogP contribution in [0.3, 0.4) is 0 Å². The second kappa shape index (κ2) is 9.03. The summed E-state index contributed by atoms with van der Waals surface area (Å²) in [6, 6.07) is 3.31. The van der Waals surface area contributed by atoms with E-state index < -0.39 is 29.4 Å². The van der Waals surface area contributed by atoms with Gasteiger partial charge in [0.2, 0.25) is 0 Å². The zero-order chi connectivity index (χ0) is 22.9. The summed E-state index contributed by atoms with van der Waals surface area (Å²) >= 11 is 0. The number of benzene rings is 1. The SMILES string of the molecule is COC1(C(=O)N2Cc3ncnc(NC(C)c4cccc(C(F)F)c4F)c3C2)CCOCC1. The van der Waals surface area contributed by atoms with Crippen molar-refractivity contribution in [1.82, 2.24) is 14.9 Å². The summed E-state index contributed by atoms with van der Waals surface area (Å²) in [4.78, 5) is 23.5. The Morgan fingerprint density at radius 3 is 2.62 bits per heavy atom. The largest absolute Gasteiger partial charge is 0.381 e. The number of methoxy groups -OCH3 is 1. The summed E-state index contributed by atoms with van der Waals surface area (Å²) in [6.45, 7) is 3.15. The molecular weight excluding hydrogens is 425 g/mol. The summed E-state index contributed by atoms with van der Waals surface area (Å²) in [5.74, 6) is -0.624. The van der Waals surface area contributed by atoms with E-state index in [9.17, 15) is 18.0 Å². The van der Waals surface area contributed by atoms with E-state index in [-0.39, 0.29) is 18.0 Å². The standard InChI is InChI=1S/C22H25F3N4O3/c1-13(14-4-3-5-15(18(14)23)19(24)25)28-20-16-10-29(11-17(16)26-12-27-20)21(30)22(31-2)6-8-32-9-7-22/h3-5,12-13,19H,6-11H2,1-2H3,(H,26,27,28). The van der Waals surface area contributed by atoms with Crippen LogP contribution >= 0.6 is 0 Å².